The van der Waals surface area contributed by atoms with Gasteiger partial charge >= 0.3 is 0 Å². The fraction of sp³-hybridized carbons (Fsp3) is 0.250. The molecule has 0 bridgehead atoms. The summed E-state index contributed by atoms with van der Waals surface area (Å²) in [6.45, 7) is 3.95. The van der Waals surface area contributed by atoms with Crippen molar-refractivity contribution in [3.63, 3.8) is 0 Å². The average Bonchev–Trinajstić information content (AvgIpc) is 3.34. The first-order chi connectivity index (χ1) is 14.0. The van der Waals surface area contributed by atoms with Crippen LogP contribution in [0.5, 0.6) is 5.75 Å². The maximum absolute atomic E-state index is 11.8. The van der Waals surface area contributed by atoms with Crippen LogP contribution in [0.3, 0.4) is 0 Å². The molecule has 1 amide bonds. The van der Waals surface area contributed by atoms with E-state index < -0.39 is 0 Å². The molecule has 4 rings (SSSR count). The number of nitrogens with one attached hydrogen (secondary N) is 1. The second-order valence-electron chi connectivity index (χ2n) is 6.86. The number of aryl methyl sites for hydroxylation is 1. The Morgan fingerprint density at radius 2 is 2.07 bits per heavy atom. The number of benzene rings is 2. The summed E-state index contributed by atoms with van der Waals surface area (Å²) in [5.41, 5.74) is 1.57. The van der Waals surface area contributed by atoms with Gasteiger partial charge in [0.05, 0.1) is 11.3 Å². The van der Waals surface area contributed by atoms with Crippen LogP contribution in [0.4, 0.5) is 5.13 Å². The third-order valence-electron chi connectivity index (χ3n) is 4.42. The number of ether oxygens (including phenoxy) is 1. The summed E-state index contributed by atoms with van der Waals surface area (Å²) < 4.78 is 7.72. The number of fused-ring (bicyclic) bond motifs is 1. The van der Waals surface area contributed by atoms with E-state index in [9.17, 15) is 4.79 Å². The van der Waals surface area contributed by atoms with E-state index in [2.05, 4.69) is 25.8 Å². The van der Waals surface area contributed by atoms with Crippen LogP contribution in [0.1, 0.15) is 19.5 Å². The molecule has 29 heavy (non-hydrogen) atoms. The molecule has 2 aromatic carbocycles. The number of nitrogens with zero attached hydrogens (tertiary/aromatic N) is 5. The van der Waals surface area contributed by atoms with Gasteiger partial charge in [-0.3, -0.25) is 4.79 Å². The predicted molar refractivity (Wildman–Crippen MR) is 112 cm³/mol. The third kappa shape index (κ3) is 3.95. The standard InChI is InChI=1S/C20H20N6O2S/c1-12(2)19(27)22-20-21-14(11-29-20)10-28-16-9-8-13-6-4-5-7-15(13)17(16)18-23-24-25-26(18)3/h4-9,11-12H,10H2,1-3H3,(H,21,22,27). The van der Waals surface area contributed by atoms with Gasteiger partial charge in [-0.2, -0.15) is 0 Å². The van der Waals surface area contributed by atoms with Crippen LogP contribution >= 0.6 is 11.3 Å². The molecule has 0 spiro atoms. The molecule has 4 aromatic rings. The third-order valence-corrected chi connectivity index (χ3v) is 5.22. The molecule has 2 heterocycles. The lowest BCUT2D eigenvalue weighted by Crippen LogP contribution is -2.17. The quantitative estimate of drug-likeness (QED) is 0.523. The number of amides is 1. The molecule has 0 aliphatic carbocycles. The SMILES string of the molecule is CC(C)C(=O)Nc1nc(COc2ccc3ccccc3c2-c2nnnn2C)cs1. The summed E-state index contributed by atoms with van der Waals surface area (Å²) >= 11 is 1.38. The molecule has 0 aliphatic rings. The molecule has 148 valence electrons. The number of carbonyl (C=O) groups excluding carboxylic acids is 1. The Kier molecular flexibility index (Phi) is 5.22. The van der Waals surface area contributed by atoms with Crippen molar-refractivity contribution in [1.29, 1.82) is 0 Å². The van der Waals surface area contributed by atoms with Crippen LogP contribution in [0.25, 0.3) is 22.2 Å². The van der Waals surface area contributed by atoms with E-state index in [0.717, 1.165) is 22.0 Å². The van der Waals surface area contributed by atoms with Crippen LogP contribution in [-0.2, 0) is 18.4 Å². The number of rotatable bonds is 6. The van der Waals surface area contributed by atoms with E-state index in [-0.39, 0.29) is 18.4 Å². The highest BCUT2D eigenvalue weighted by molar-refractivity contribution is 7.13. The molecule has 2 aromatic heterocycles. The fourth-order valence-corrected chi connectivity index (χ4v) is 3.57. The van der Waals surface area contributed by atoms with Gasteiger partial charge < -0.3 is 10.1 Å². The molecule has 0 saturated heterocycles. The molecular weight excluding hydrogens is 388 g/mol. The summed E-state index contributed by atoms with van der Waals surface area (Å²) in [5, 5.41) is 19.2. The number of tetrazole rings is 1. The Labute approximate surface area is 171 Å². The molecule has 0 saturated carbocycles. The Morgan fingerprint density at radius 1 is 1.24 bits per heavy atom. The molecule has 0 aliphatic heterocycles. The van der Waals surface area contributed by atoms with Gasteiger partial charge in [0.1, 0.15) is 12.4 Å². The highest BCUT2D eigenvalue weighted by Crippen LogP contribution is 2.36. The predicted octanol–water partition coefficient (Wildman–Crippen LogP) is 3.66. The number of hydrogen-bond acceptors (Lipinski definition) is 7. The zero-order valence-corrected chi connectivity index (χ0v) is 17.1. The van der Waals surface area contributed by atoms with Gasteiger partial charge in [0.25, 0.3) is 0 Å². The average molecular weight is 408 g/mol. The molecule has 9 heteroatoms. The first-order valence-corrected chi connectivity index (χ1v) is 10.0. The van der Waals surface area contributed by atoms with Gasteiger partial charge in [0, 0.05) is 18.3 Å². The molecule has 0 radical (unpaired) electrons. The lowest BCUT2D eigenvalue weighted by Gasteiger charge is -2.12. The van der Waals surface area contributed by atoms with Crippen LogP contribution < -0.4 is 10.1 Å². The monoisotopic (exact) mass is 408 g/mol. The summed E-state index contributed by atoms with van der Waals surface area (Å²) in [7, 11) is 1.80. The van der Waals surface area contributed by atoms with Crippen molar-refractivity contribution >= 4 is 33.1 Å². The summed E-state index contributed by atoms with van der Waals surface area (Å²) in [6.07, 6.45) is 0. The van der Waals surface area contributed by atoms with Crippen LogP contribution in [0, 0.1) is 5.92 Å². The minimum Gasteiger partial charge on any atom is -0.486 e. The Balaban J connectivity index is 1.61. The van der Waals surface area contributed by atoms with Gasteiger partial charge in [-0.15, -0.1) is 16.4 Å². The number of anilines is 1. The smallest absolute Gasteiger partial charge is 0.228 e. The molecular formula is C20H20N6O2S. The van der Waals surface area contributed by atoms with Crippen LogP contribution in [0.15, 0.2) is 41.8 Å². The van der Waals surface area contributed by atoms with E-state index in [1.54, 1.807) is 11.7 Å². The van der Waals surface area contributed by atoms with E-state index in [4.69, 9.17) is 4.74 Å². The van der Waals surface area contributed by atoms with Crippen LogP contribution in [0.2, 0.25) is 0 Å². The highest BCUT2D eigenvalue weighted by Gasteiger charge is 2.17. The number of carbonyl (C=O) groups is 1. The van der Waals surface area contributed by atoms with Gasteiger partial charge in [-0.1, -0.05) is 44.2 Å². The van der Waals surface area contributed by atoms with E-state index >= 15 is 0 Å². The Hall–Kier alpha value is -3.33. The highest BCUT2D eigenvalue weighted by atomic mass is 32.1. The zero-order valence-electron chi connectivity index (χ0n) is 16.3. The van der Waals surface area contributed by atoms with Crippen molar-refractivity contribution < 1.29 is 9.53 Å². The van der Waals surface area contributed by atoms with E-state index in [0.29, 0.717) is 16.7 Å². The number of aromatic nitrogens is 5. The minimum absolute atomic E-state index is 0.0570. The molecule has 0 fully saturated rings. The van der Waals surface area contributed by atoms with Crippen molar-refractivity contribution in [2.24, 2.45) is 13.0 Å². The van der Waals surface area contributed by atoms with Gasteiger partial charge in [-0.05, 0) is 27.3 Å². The van der Waals surface area contributed by atoms with Crippen molar-refractivity contribution in [3.05, 3.63) is 47.5 Å². The normalized spacial score (nSPS) is 11.2. The summed E-state index contributed by atoms with van der Waals surface area (Å²) in [6, 6.07) is 12.0. The first kappa shape index (κ1) is 19.0. The maximum atomic E-state index is 11.8. The minimum atomic E-state index is -0.0984. The lowest BCUT2D eigenvalue weighted by atomic mass is 10.0. The largest absolute Gasteiger partial charge is 0.486 e. The van der Waals surface area contributed by atoms with E-state index in [1.165, 1.54) is 11.3 Å². The van der Waals surface area contributed by atoms with Crippen molar-refractivity contribution in [3.8, 4) is 17.1 Å². The van der Waals surface area contributed by atoms with Gasteiger partial charge in [-0.25, -0.2) is 9.67 Å². The van der Waals surface area contributed by atoms with Crippen molar-refractivity contribution in [2.75, 3.05) is 5.32 Å². The van der Waals surface area contributed by atoms with Crippen molar-refractivity contribution in [1.82, 2.24) is 25.2 Å². The Morgan fingerprint density at radius 3 is 2.83 bits per heavy atom. The lowest BCUT2D eigenvalue weighted by molar-refractivity contribution is -0.118. The van der Waals surface area contributed by atoms with Gasteiger partial charge in [0.15, 0.2) is 11.0 Å². The second kappa shape index (κ2) is 7.96. The molecule has 1 N–H and O–H groups in total. The van der Waals surface area contributed by atoms with Crippen LogP contribution in [-0.4, -0.2) is 31.1 Å². The fourth-order valence-electron chi connectivity index (χ4n) is 2.88. The van der Waals surface area contributed by atoms with E-state index in [1.807, 2.05) is 55.6 Å². The second-order valence-corrected chi connectivity index (χ2v) is 7.72. The maximum Gasteiger partial charge on any atom is 0.228 e. The molecule has 0 unspecified atom stereocenters. The summed E-state index contributed by atoms with van der Waals surface area (Å²) in [4.78, 5) is 16.3. The number of hydrogen-bond donors (Lipinski definition) is 1. The number of thiazole rings is 1. The molecule has 0 atom stereocenters. The zero-order chi connectivity index (χ0) is 20.4. The topological polar surface area (TPSA) is 94.8 Å². The van der Waals surface area contributed by atoms with Crippen molar-refractivity contribution in [2.45, 2.75) is 20.5 Å². The molecule has 8 nitrogen and oxygen atoms in total. The summed E-state index contributed by atoms with van der Waals surface area (Å²) in [5.74, 6) is 1.14. The first-order valence-electron chi connectivity index (χ1n) is 9.15. The Bertz CT molecular complexity index is 1170. The van der Waals surface area contributed by atoms with Gasteiger partial charge in [0.2, 0.25) is 5.91 Å².